The third-order valence-corrected chi connectivity index (χ3v) is 2.42. The Bertz CT molecular complexity index is 397. The lowest BCUT2D eigenvalue weighted by Crippen LogP contribution is -2.41. The van der Waals surface area contributed by atoms with Crippen LogP contribution in [-0.4, -0.2) is 18.2 Å². The molecule has 4 nitrogen and oxygen atoms in total. The van der Waals surface area contributed by atoms with Crippen LogP contribution in [0.4, 0.5) is 4.79 Å². The Morgan fingerprint density at radius 3 is 2.44 bits per heavy atom. The van der Waals surface area contributed by atoms with Crippen LogP contribution in [-0.2, 0) is 17.7 Å². The second-order valence-electron chi connectivity index (χ2n) is 5.23. The van der Waals surface area contributed by atoms with E-state index in [1.165, 1.54) is 0 Å². The van der Waals surface area contributed by atoms with E-state index in [1.807, 2.05) is 45.0 Å². The number of carbonyl (C=O) groups is 1. The molecule has 1 amide bonds. The Hall–Kier alpha value is -1.55. The maximum absolute atomic E-state index is 11.4. The van der Waals surface area contributed by atoms with E-state index in [-0.39, 0.29) is 11.6 Å². The zero-order valence-electron chi connectivity index (χ0n) is 11.3. The Balaban J connectivity index is 2.40. The smallest absolute Gasteiger partial charge is 0.407 e. The van der Waals surface area contributed by atoms with Crippen LogP contribution in [0, 0.1) is 0 Å². The molecular formula is C14H22N2O2. The van der Waals surface area contributed by atoms with Gasteiger partial charge >= 0.3 is 6.09 Å². The van der Waals surface area contributed by atoms with Crippen LogP contribution in [0.15, 0.2) is 24.3 Å². The number of hydrogen-bond donors (Lipinski definition) is 2. The number of rotatable bonds is 4. The fraction of sp³-hybridized carbons (Fsp3) is 0.500. The van der Waals surface area contributed by atoms with Gasteiger partial charge in [0.05, 0.1) is 6.61 Å². The largest absolute Gasteiger partial charge is 0.449 e. The number of nitrogens with one attached hydrogen (secondary N) is 1. The van der Waals surface area contributed by atoms with E-state index in [0.717, 1.165) is 11.1 Å². The number of benzene rings is 1. The van der Waals surface area contributed by atoms with Gasteiger partial charge in [0.1, 0.15) is 0 Å². The van der Waals surface area contributed by atoms with Crippen LogP contribution < -0.4 is 11.1 Å². The highest BCUT2D eigenvalue weighted by molar-refractivity contribution is 5.68. The molecule has 0 radical (unpaired) electrons. The number of hydrogen-bond acceptors (Lipinski definition) is 3. The van der Waals surface area contributed by atoms with Gasteiger partial charge in [-0.1, -0.05) is 24.3 Å². The van der Waals surface area contributed by atoms with Crippen molar-refractivity contribution in [2.75, 3.05) is 6.61 Å². The summed E-state index contributed by atoms with van der Waals surface area (Å²) in [7, 11) is 0. The molecule has 4 heteroatoms. The monoisotopic (exact) mass is 250 g/mol. The molecule has 0 saturated heterocycles. The van der Waals surface area contributed by atoms with E-state index >= 15 is 0 Å². The van der Waals surface area contributed by atoms with Gasteiger partial charge in [0.25, 0.3) is 0 Å². The Labute approximate surface area is 109 Å². The lowest BCUT2D eigenvalue weighted by atomic mass is 10.1. The third kappa shape index (κ3) is 5.19. The second-order valence-corrected chi connectivity index (χ2v) is 5.23. The highest BCUT2D eigenvalue weighted by Crippen LogP contribution is 2.09. The normalized spacial score (nSPS) is 11.1. The predicted molar refractivity (Wildman–Crippen MR) is 72.3 cm³/mol. The van der Waals surface area contributed by atoms with Crippen LogP contribution in [0.3, 0.4) is 0 Å². The molecule has 1 aromatic carbocycles. The van der Waals surface area contributed by atoms with Crippen molar-refractivity contribution in [3.8, 4) is 0 Å². The maximum atomic E-state index is 11.4. The van der Waals surface area contributed by atoms with Crippen LogP contribution in [0.25, 0.3) is 0 Å². The quantitative estimate of drug-likeness (QED) is 0.861. The van der Waals surface area contributed by atoms with E-state index in [1.54, 1.807) is 0 Å². The topological polar surface area (TPSA) is 64.3 Å². The van der Waals surface area contributed by atoms with E-state index in [0.29, 0.717) is 19.6 Å². The maximum Gasteiger partial charge on any atom is 0.407 e. The fourth-order valence-electron chi connectivity index (χ4n) is 1.60. The van der Waals surface area contributed by atoms with Gasteiger partial charge in [0, 0.05) is 18.5 Å². The summed E-state index contributed by atoms with van der Waals surface area (Å²) in [6.07, 6.45) is 0.304. The average Bonchev–Trinajstić information content (AvgIpc) is 2.27. The first-order valence-electron chi connectivity index (χ1n) is 6.14. The minimum atomic E-state index is -0.382. The molecule has 0 aromatic heterocycles. The summed E-state index contributed by atoms with van der Waals surface area (Å²) in [5.74, 6) is 0. The molecule has 0 unspecified atom stereocenters. The minimum absolute atomic E-state index is 0.272. The fourth-order valence-corrected chi connectivity index (χ4v) is 1.60. The molecule has 3 N–H and O–H groups in total. The molecule has 1 rings (SSSR count). The van der Waals surface area contributed by atoms with Crippen molar-refractivity contribution in [3.05, 3.63) is 35.4 Å². The van der Waals surface area contributed by atoms with Gasteiger partial charge in [-0.05, 0) is 31.9 Å². The van der Waals surface area contributed by atoms with Gasteiger partial charge in [-0.2, -0.15) is 0 Å². The summed E-state index contributed by atoms with van der Waals surface area (Å²) in [4.78, 5) is 11.4. The van der Waals surface area contributed by atoms with E-state index in [2.05, 4.69) is 5.32 Å². The van der Waals surface area contributed by atoms with Crippen molar-refractivity contribution in [1.29, 1.82) is 0 Å². The molecule has 0 spiro atoms. The van der Waals surface area contributed by atoms with Gasteiger partial charge in [0.2, 0.25) is 0 Å². The number of amides is 1. The first kappa shape index (κ1) is 14.5. The van der Waals surface area contributed by atoms with Crippen LogP contribution in [0.5, 0.6) is 0 Å². The first-order chi connectivity index (χ1) is 8.42. The van der Waals surface area contributed by atoms with Gasteiger partial charge < -0.3 is 15.8 Å². The lowest BCUT2D eigenvalue weighted by molar-refractivity contribution is 0.139. The molecule has 0 bridgehead atoms. The third-order valence-electron chi connectivity index (χ3n) is 2.42. The second kappa shape index (κ2) is 6.40. The van der Waals surface area contributed by atoms with Gasteiger partial charge in [-0.3, -0.25) is 0 Å². The highest BCUT2D eigenvalue weighted by Gasteiger charge is 2.14. The molecule has 100 valence electrons. The standard InChI is InChI=1S/C14H22N2O2/c1-14(2,3)16-13(17)18-9-8-11-6-4-5-7-12(11)10-15/h4-7H,8-10,15H2,1-3H3,(H,16,17). The van der Waals surface area contributed by atoms with Crippen LogP contribution in [0.2, 0.25) is 0 Å². The molecule has 0 saturated carbocycles. The number of nitrogens with two attached hydrogens (primary N) is 1. The lowest BCUT2D eigenvalue weighted by Gasteiger charge is -2.20. The first-order valence-corrected chi connectivity index (χ1v) is 6.14. The van der Waals surface area contributed by atoms with Crippen LogP contribution >= 0.6 is 0 Å². The van der Waals surface area contributed by atoms with Gasteiger partial charge in [-0.15, -0.1) is 0 Å². The number of alkyl carbamates (subject to hydrolysis) is 1. The predicted octanol–water partition coefficient (Wildman–Crippen LogP) is 2.21. The summed E-state index contributed by atoms with van der Waals surface area (Å²) in [5, 5.41) is 2.75. The van der Waals surface area contributed by atoms with Gasteiger partial charge in [0.15, 0.2) is 0 Å². The molecule has 1 aromatic rings. The molecule has 0 fully saturated rings. The summed E-state index contributed by atoms with van der Waals surface area (Å²) < 4.78 is 5.13. The summed E-state index contributed by atoms with van der Waals surface area (Å²) in [6, 6.07) is 7.92. The summed E-state index contributed by atoms with van der Waals surface area (Å²) in [5.41, 5.74) is 7.60. The zero-order valence-corrected chi connectivity index (χ0v) is 11.3. The van der Waals surface area contributed by atoms with Crippen molar-refractivity contribution in [2.45, 2.75) is 39.3 Å². The van der Waals surface area contributed by atoms with Crippen molar-refractivity contribution >= 4 is 6.09 Å². The van der Waals surface area contributed by atoms with E-state index in [4.69, 9.17) is 10.5 Å². The minimum Gasteiger partial charge on any atom is -0.449 e. The number of carbonyl (C=O) groups excluding carboxylic acids is 1. The average molecular weight is 250 g/mol. The Morgan fingerprint density at radius 2 is 1.89 bits per heavy atom. The molecule has 0 heterocycles. The zero-order chi connectivity index (χ0) is 13.6. The molecule has 18 heavy (non-hydrogen) atoms. The summed E-state index contributed by atoms with van der Waals surface area (Å²) in [6.45, 7) is 6.61. The van der Waals surface area contributed by atoms with Crippen molar-refractivity contribution in [3.63, 3.8) is 0 Å². The SMILES string of the molecule is CC(C)(C)NC(=O)OCCc1ccccc1CN. The van der Waals surface area contributed by atoms with Crippen molar-refractivity contribution < 1.29 is 9.53 Å². The molecule has 0 aliphatic carbocycles. The molecular weight excluding hydrogens is 228 g/mol. The van der Waals surface area contributed by atoms with Crippen molar-refractivity contribution in [1.82, 2.24) is 5.32 Å². The van der Waals surface area contributed by atoms with E-state index < -0.39 is 0 Å². The summed E-state index contributed by atoms with van der Waals surface area (Å²) >= 11 is 0. The van der Waals surface area contributed by atoms with E-state index in [9.17, 15) is 4.79 Å². The molecule has 0 aliphatic rings. The molecule has 0 atom stereocenters. The highest BCUT2D eigenvalue weighted by atomic mass is 16.5. The number of ether oxygens (including phenoxy) is 1. The van der Waals surface area contributed by atoms with Crippen LogP contribution in [0.1, 0.15) is 31.9 Å². The Morgan fingerprint density at radius 1 is 1.28 bits per heavy atom. The van der Waals surface area contributed by atoms with Gasteiger partial charge in [-0.25, -0.2) is 4.79 Å². The molecule has 0 aliphatic heterocycles. The Kier molecular flexibility index (Phi) is 5.16. The van der Waals surface area contributed by atoms with Crippen molar-refractivity contribution in [2.24, 2.45) is 5.73 Å².